The molecule has 0 N–H and O–H groups in total. The number of ether oxygens (including phenoxy) is 5. The minimum Gasteiger partial charge on any atom is -0.495 e. The summed E-state index contributed by atoms with van der Waals surface area (Å²) in [5.41, 5.74) is 4.23. The fourth-order valence-electron chi connectivity index (χ4n) is 10.4. The lowest BCUT2D eigenvalue weighted by Gasteiger charge is -2.24. The molecule has 0 saturated heterocycles. The van der Waals surface area contributed by atoms with Crippen molar-refractivity contribution in [3.05, 3.63) is 142 Å². The molecule has 0 amide bonds. The molecule has 5 aromatic rings. The molecule has 7 rings (SSSR count). The summed E-state index contributed by atoms with van der Waals surface area (Å²) in [6.07, 6.45) is 22.4. The van der Waals surface area contributed by atoms with E-state index in [2.05, 4.69) is 113 Å². The molecule has 0 fully saturated rings. The van der Waals surface area contributed by atoms with E-state index in [0.29, 0.717) is 59.9 Å². The Balaban J connectivity index is 1.21. The summed E-state index contributed by atoms with van der Waals surface area (Å²) < 4.78 is 33.7. The zero-order chi connectivity index (χ0) is 57.5. The minimum absolute atomic E-state index is 0.265. The van der Waals surface area contributed by atoms with Crippen LogP contribution in [0, 0.1) is 23.7 Å². The van der Waals surface area contributed by atoms with Gasteiger partial charge in [-0.15, -0.1) is 15.9 Å². The first-order valence-corrected chi connectivity index (χ1v) is 32.2. The van der Waals surface area contributed by atoms with Crippen LogP contribution < -0.4 is 28.4 Å². The second-order valence-electron chi connectivity index (χ2n) is 21.8. The maximum absolute atomic E-state index is 14.4. The molecule has 0 saturated carbocycles. The summed E-state index contributed by atoms with van der Waals surface area (Å²) in [6.45, 7) is 20.6. The van der Waals surface area contributed by atoms with E-state index >= 15 is 0 Å². The van der Waals surface area contributed by atoms with E-state index in [1.54, 1.807) is 7.11 Å². The zero-order valence-electron chi connectivity index (χ0n) is 50.1. The van der Waals surface area contributed by atoms with Gasteiger partial charge in [0.25, 0.3) is 5.04 Å². The predicted molar refractivity (Wildman–Crippen MR) is 341 cm³/mol. The van der Waals surface area contributed by atoms with Crippen molar-refractivity contribution >= 4 is 73.0 Å². The lowest BCUT2D eigenvalue weighted by Crippen LogP contribution is -2.13. The largest absolute Gasteiger partial charge is 0.495 e. The van der Waals surface area contributed by atoms with E-state index in [1.807, 2.05) is 72.8 Å². The summed E-state index contributed by atoms with van der Waals surface area (Å²) >= 11 is 2.89. The van der Waals surface area contributed by atoms with Gasteiger partial charge in [0.1, 0.15) is 33.8 Å². The monoisotopic (exact) mass is 1140 g/mol. The third kappa shape index (κ3) is 17.0. The number of hydrogen-bond donors (Lipinski definition) is 0. The molecule has 1 aromatic heterocycles. The van der Waals surface area contributed by atoms with Crippen molar-refractivity contribution in [2.75, 3.05) is 38.4 Å². The number of Topliss-reactive ketones (excluding diaryl/α,β-unsaturated/α-hetero) is 2. The number of carbonyl (C=O) groups is 2. The molecule has 2 heterocycles. The average Bonchev–Trinajstić information content (AvgIpc) is 4.35. The molecule has 11 heteroatoms. The standard InChI is InChI=1S/C70H91N2O7S2/c1-10-18-22-50(14-5)46-76-58-34-26-54(27-35-58)71(55-28-36-59(37-29-55)77-47-51(15-6)23-19-11-2)64-44-42-62(80-64)66-68(73)69(74)67(70(66)75-9)63-43-45-65(81-63)72(56-30-38-60(39-31-56)78-48-52(16-7)24-20-12-3)57-32-40-61(41-33-57)79-49-53(17-8)25-21-13-4/h26-45,50-53H,10-25,46-49H2,1-9H3/q+1. The Labute approximate surface area is 493 Å². The number of thioether (sulfide) groups is 1. The molecular formula is C70H91N2O7S2+. The number of methoxy groups -OCH3 is 1. The van der Waals surface area contributed by atoms with Crippen LogP contribution in [0.3, 0.4) is 0 Å². The highest BCUT2D eigenvalue weighted by atomic mass is 32.2. The fourth-order valence-corrected chi connectivity index (χ4v) is 12.6. The summed E-state index contributed by atoms with van der Waals surface area (Å²) in [5.74, 6) is 4.47. The van der Waals surface area contributed by atoms with Crippen LogP contribution in [0.1, 0.15) is 163 Å². The number of rotatable bonds is 35. The molecule has 4 aromatic carbocycles. The molecule has 81 heavy (non-hydrogen) atoms. The van der Waals surface area contributed by atoms with E-state index in [4.69, 9.17) is 23.7 Å². The number of benzene rings is 4. The SMILES string of the molecule is CCCCC(CC)COc1ccc(N(c2ccc(OCC(CC)CCCC)cc2)c2ccc(C3=C(OC)/C(=C4\C=CC(=[N+](c5ccc(OCC(CC)CCCC)cc5)c5ccc(OCC(CC)CCCC)cc5)S4)C(=O)C3=O)s2)cc1. The molecule has 9 nitrogen and oxygen atoms in total. The Morgan fingerprint density at radius 2 is 0.827 bits per heavy atom. The van der Waals surface area contributed by atoms with Crippen LogP contribution in [-0.2, 0) is 14.3 Å². The summed E-state index contributed by atoms with van der Waals surface area (Å²) in [7, 11) is 1.54. The average molecular weight is 1140 g/mol. The molecule has 1 aliphatic carbocycles. The van der Waals surface area contributed by atoms with Gasteiger partial charge >= 0.3 is 0 Å². The Morgan fingerprint density at radius 3 is 1.19 bits per heavy atom. The van der Waals surface area contributed by atoms with Crippen LogP contribution in [0.5, 0.6) is 23.0 Å². The first-order valence-electron chi connectivity index (χ1n) is 30.6. The van der Waals surface area contributed by atoms with E-state index in [1.165, 1.54) is 74.5 Å². The van der Waals surface area contributed by atoms with Crippen LogP contribution in [0.4, 0.5) is 27.8 Å². The lowest BCUT2D eigenvalue weighted by atomic mass is 10.0. The number of hydrogen-bond acceptors (Lipinski definition) is 10. The van der Waals surface area contributed by atoms with Gasteiger partial charge in [0.2, 0.25) is 22.9 Å². The molecule has 0 radical (unpaired) electrons. The Morgan fingerprint density at radius 1 is 0.457 bits per heavy atom. The Kier molecular flexibility index (Phi) is 25.1. The van der Waals surface area contributed by atoms with Crippen molar-refractivity contribution in [1.29, 1.82) is 0 Å². The summed E-state index contributed by atoms with van der Waals surface area (Å²) in [5, 5.41) is 1.73. The van der Waals surface area contributed by atoms with Crippen molar-refractivity contribution in [3.8, 4) is 23.0 Å². The number of allylic oxidation sites excluding steroid dienone is 3. The molecule has 4 unspecified atom stereocenters. The second-order valence-corrected chi connectivity index (χ2v) is 23.9. The Hall–Kier alpha value is -6.04. The van der Waals surface area contributed by atoms with Gasteiger partial charge in [-0.25, -0.2) is 0 Å². The van der Waals surface area contributed by atoms with Gasteiger partial charge in [-0.1, -0.05) is 132 Å². The van der Waals surface area contributed by atoms with Crippen molar-refractivity contribution in [2.24, 2.45) is 23.7 Å². The van der Waals surface area contributed by atoms with Crippen molar-refractivity contribution in [1.82, 2.24) is 4.58 Å². The van der Waals surface area contributed by atoms with E-state index in [0.717, 1.165) is 107 Å². The van der Waals surface area contributed by atoms with Crippen LogP contribution in [-0.4, -0.2) is 50.1 Å². The molecule has 0 spiro atoms. The first-order chi connectivity index (χ1) is 39.6. The van der Waals surface area contributed by atoms with Crippen LogP contribution in [0.25, 0.3) is 5.57 Å². The van der Waals surface area contributed by atoms with Crippen molar-refractivity contribution < 1.29 is 33.3 Å². The third-order valence-corrected chi connectivity index (χ3v) is 18.1. The normalized spacial score (nSPS) is 15.7. The van der Waals surface area contributed by atoms with Crippen LogP contribution in [0.15, 0.2) is 138 Å². The highest BCUT2D eigenvalue weighted by Gasteiger charge is 2.42. The van der Waals surface area contributed by atoms with E-state index in [-0.39, 0.29) is 16.9 Å². The molecule has 2 aliphatic rings. The Bertz CT molecular complexity index is 2750. The van der Waals surface area contributed by atoms with Crippen molar-refractivity contribution in [2.45, 2.75) is 158 Å². The molecule has 0 bridgehead atoms. The summed E-state index contributed by atoms with van der Waals surface area (Å²) in [6, 6.07) is 36.9. The van der Waals surface area contributed by atoms with Gasteiger partial charge in [0, 0.05) is 51.5 Å². The van der Waals surface area contributed by atoms with Crippen LogP contribution >= 0.6 is 23.1 Å². The minimum atomic E-state index is -0.587. The number of anilines is 3. The molecule has 4 atom stereocenters. The number of ketones is 2. The fraction of sp³-hybridized carbons (Fsp3) is 0.471. The summed E-state index contributed by atoms with van der Waals surface area (Å²) in [4.78, 5) is 32.3. The maximum atomic E-state index is 14.4. The quantitative estimate of drug-likeness (QED) is 0.0224. The smallest absolute Gasteiger partial charge is 0.251 e. The van der Waals surface area contributed by atoms with Crippen LogP contribution in [0.2, 0.25) is 0 Å². The zero-order valence-corrected chi connectivity index (χ0v) is 51.7. The predicted octanol–water partition coefficient (Wildman–Crippen LogP) is 19.6. The first kappa shape index (κ1) is 62.6. The highest BCUT2D eigenvalue weighted by Crippen LogP contribution is 2.47. The third-order valence-electron chi connectivity index (χ3n) is 15.9. The van der Waals surface area contributed by atoms with Gasteiger partial charge in [-0.3, -0.25) is 9.59 Å². The van der Waals surface area contributed by atoms with Gasteiger partial charge in [0.05, 0.1) is 44.7 Å². The second kappa shape index (κ2) is 32.6. The molecule has 1 aliphatic heterocycles. The van der Waals surface area contributed by atoms with Gasteiger partial charge in [-0.2, -0.15) is 0 Å². The van der Waals surface area contributed by atoms with Gasteiger partial charge in [0.15, 0.2) is 0 Å². The van der Waals surface area contributed by atoms with Crippen molar-refractivity contribution in [3.63, 3.8) is 0 Å². The number of unbranched alkanes of at least 4 members (excludes halogenated alkanes) is 4. The molecular weight excluding hydrogens is 1040 g/mol. The van der Waals surface area contributed by atoms with Gasteiger partial charge < -0.3 is 28.6 Å². The maximum Gasteiger partial charge on any atom is 0.251 e. The van der Waals surface area contributed by atoms with E-state index < -0.39 is 11.6 Å². The highest BCUT2D eigenvalue weighted by molar-refractivity contribution is 8.18. The number of nitrogens with zero attached hydrogens (tertiary/aromatic N) is 2. The number of carbonyl (C=O) groups excluding carboxylic acids is 2. The van der Waals surface area contributed by atoms with E-state index in [9.17, 15) is 9.59 Å². The lowest BCUT2D eigenvalue weighted by molar-refractivity contribution is -0.130. The topological polar surface area (TPSA) is 86.5 Å². The number of thiophene rings is 1. The van der Waals surface area contributed by atoms with Gasteiger partial charge in [-0.05, 0) is 152 Å². The molecule has 434 valence electrons.